The van der Waals surface area contributed by atoms with Crippen molar-refractivity contribution in [2.45, 2.75) is 101 Å². The second kappa shape index (κ2) is 17.1. The zero-order chi connectivity index (χ0) is 44.2. The van der Waals surface area contributed by atoms with Crippen molar-refractivity contribution in [3.8, 4) is 6.07 Å². The lowest BCUT2D eigenvalue weighted by atomic mass is 9.88. The number of aliphatic hydroxyl groups is 2. The smallest absolute Gasteiger partial charge is 0.274 e. The highest BCUT2D eigenvalue weighted by atomic mass is 19.1. The molecule has 0 radical (unpaired) electrons. The third-order valence-corrected chi connectivity index (χ3v) is 13.7. The number of amides is 3. The van der Waals surface area contributed by atoms with Crippen molar-refractivity contribution in [3.63, 3.8) is 0 Å². The van der Waals surface area contributed by atoms with E-state index in [2.05, 4.69) is 31.6 Å². The SMILES string of the molecule is CC(C)(O)c1cc2nn(C3CCC(N4CCN(C5CCN(c6cc(F)c([C@H]7CCC(=O)NC7=O)c(F)c6)CC5)C[C@@H]4CO)CC3)cc2cc1NC(=O)c1ccc2cc(C#N)cnn12. The summed E-state index contributed by atoms with van der Waals surface area (Å²) in [6.45, 7) is 7.11. The molecule has 15 nitrogen and oxygen atoms in total. The normalized spacial score (nSPS) is 23.3. The Morgan fingerprint density at radius 2 is 1.68 bits per heavy atom. The van der Waals surface area contributed by atoms with E-state index >= 15 is 8.78 Å². The summed E-state index contributed by atoms with van der Waals surface area (Å²) in [6.07, 6.45) is 8.91. The van der Waals surface area contributed by atoms with Crippen LogP contribution in [0.25, 0.3) is 16.4 Å². The molecule has 5 aromatic rings. The average Bonchev–Trinajstić information content (AvgIpc) is 3.90. The Bertz CT molecular complexity index is 2590. The van der Waals surface area contributed by atoms with Gasteiger partial charge in [0, 0.05) is 91.4 Å². The Balaban J connectivity index is 0.803. The highest BCUT2D eigenvalue weighted by Gasteiger charge is 2.38. The van der Waals surface area contributed by atoms with Gasteiger partial charge in [-0.1, -0.05) is 0 Å². The number of fused-ring (bicyclic) bond motifs is 2. The summed E-state index contributed by atoms with van der Waals surface area (Å²) in [4.78, 5) is 44.4. The minimum Gasteiger partial charge on any atom is -0.395 e. The van der Waals surface area contributed by atoms with Crippen molar-refractivity contribution < 1.29 is 33.4 Å². The van der Waals surface area contributed by atoms with Crippen molar-refractivity contribution in [3.05, 3.63) is 88.9 Å². The molecule has 63 heavy (non-hydrogen) atoms. The Morgan fingerprint density at radius 1 is 0.952 bits per heavy atom. The van der Waals surface area contributed by atoms with Crippen molar-refractivity contribution in [1.29, 1.82) is 5.26 Å². The first-order valence-corrected chi connectivity index (χ1v) is 21.9. The number of piperidine rings is 2. The van der Waals surface area contributed by atoms with Crippen molar-refractivity contribution >= 4 is 45.5 Å². The van der Waals surface area contributed by atoms with Crippen molar-refractivity contribution in [2.75, 3.05) is 49.5 Å². The predicted octanol–water partition coefficient (Wildman–Crippen LogP) is 4.96. The van der Waals surface area contributed by atoms with E-state index in [4.69, 9.17) is 5.10 Å². The highest BCUT2D eigenvalue weighted by Crippen LogP contribution is 2.38. The molecule has 1 saturated carbocycles. The summed E-state index contributed by atoms with van der Waals surface area (Å²) < 4.78 is 34.1. The molecule has 2 aromatic carbocycles. The van der Waals surface area contributed by atoms with Gasteiger partial charge in [0.2, 0.25) is 11.8 Å². The number of nitrogens with zero attached hydrogens (tertiary/aromatic N) is 8. The number of carbonyl (C=O) groups is 3. The number of carbonyl (C=O) groups excluding carboxylic acids is 3. The molecule has 3 aliphatic heterocycles. The Hall–Kier alpha value is -5.80. The molecule has 330 valence electrons. The maximum Gasteiger partial charge on any atom is 0.274 e. The molecule has 4 aliphatic rings. The maximum atomic E-state index is 15.3. The molecular weight excluding hydrogens is 811 g/mol. The van der Waals surface area contributed by atoms with Gasteiger partial charge >= 0.3 is 0 Å². The number of piperazine rings is 1. The van der Waals surface area contributed by atoms with E-state index in [9.17, 15) is 29.9 Å². The first-order valence-electron chi connectivity index (χ1n) is 21.9. The lowest BCUT2D eigenvalue weighted by molar-refractivity contribution is -0.134. The summed E-state index contributed by atoms with van der Waals surface area (Å²) in [5.41, 5.74) is 1.90. The van der Waals surface area contributed by atoms with Crippen LogP contribution in [0.15, 0.2) is 54.9 Å². The number of hydrogen-bond acceptors (Lipinski definition) is 11. The van der Waals surface area contributed by atoms with Gasteiger partial charge in [-0.15, -0.1) is 0 Å². The van der Waals surface area contributed by atoms with E-state index < -0.39 is 40.9 Å². The standard InChI is InChI=1S/C46H52F2N10O5/c1-46(2,63)36-21-39-28(18-40(36)51-45(62)41-9-7-32-17-27(22-49)23-50-58(32)41)24-57(53-39)31-5-3-30(4-6-31)56-16-15-55(25-34(56)26-59)29-11-13-54(14-12-29)33-19-37(47)43(38(48)20-33)35-8-10-42(60)52-44(35)61/h7,9,17-21,23-24,29-31,34-35,59,63H,3-6,8,10-16,25-26H2,1-2H3,(H,51,62)(H,52,60,61)/t30?,31?,34-,35-/m1/s1. The number of hydrogen-bond donors (Lipinski definition) is 4. The van der Waals surface area contributed by atoms with E-state index in [-0.39, 0.29) is 43.1 Å². The monoisotopic (exact) mass is 862 g/mol. The van der Waals surface area contributed by atoms with Gasteiger partial charge < -0.3 is 20.4 Å². The third kappa shape index (κ3) is 8.40. The van der Waals surface area contributed by atoms with Crippen LogP contribution in [-0.4, -0.2) is 115 Å². The van der Waals surface area contributed by atoms with E-state index in [1.165, 1.54) is 22.8 Å². The number of aliphatic hydroxyl groups excluding tert-OH is 1. The minimum absolute atomic E-state index is 0.00176. The molecule has 0 unspecified atom stereocenters. The topological polar surface area (TPSA) is 184 Å². The summed E-state index contributed by atoms with van der Waals surface area (Å²) in [5, 5.41) is 46.3. The van der Waals surface area contributed by atoms with Gasteiger partial charge in [0.25, 0.3) is 5.91 Å². The van der Waals surface area contributed by atoms with E-state index in [0.29, 0.717) is 52.8 Å². The second-order valence-corrected chi connectivity index (χ2v) is 18.1. The molecule has 1 aliphatic carbocycles. The Morgan fingerprint density at radius 3 is 2.37 bits per heavy atom. The predicted molar refractivity (Wildman–Crippen MR) is 230 cm³/mol. The molecule has 0 spiro atoms. The van der Waals surface area contributed by atoms with Crippen LogP contribution in [0.2, 0.25) is 0 Å². The molecular formula is C46H52F2N10O5. The van der Waals surface area contributed by atoms with Gasteiger partial charge in [0.05, 0.1) is 47.0 Å². The van der Waals surface area contributed by atoms with Gasteiger partial charge in [-0.25, -0.2) is 13.3 Å². The number of anilines is 2. The van der Waals surface area contributed by atoms with Gasteiger partial charge in [-0.3, -0.25) is 34.2 Å². The third-order valence-electron chi connectivity index (χ3n) is 13.7. The largest absolute Gasteiger partial charge is 0.395 e. The Kier molecular flexibility index (Phi) is 11.5. The zero-order valence-corrected chi connectivity index (χ0v) is 35.4. The number of halogens is 2. The molecule has 17 heteroatoms. The number of rotatable bonds is 9. The summed E-state index contributed by atoms with van der Waals surface area (Å²) >= 11 is 0. The molecule has 3 aromatic heterocycles. The molecule has 6 heterocycles. The first kappa shape index (κ1) is 42.5. The van der Waals surface area contributed by atoms with Crippen LogP contribution in [-0.2, 0) is 15.2 Å². The molecule has 9 rings (SSSR count). The molecule has 4 N–H and O–H groups in total. The van der Waals surface area contributed by atoms with Crippen LogP contribution in [0.1, 0.15) is 104 Å². The van der Waals surface area contributed by atoms with Gasteiger partial charge in [0.15, 0.2) is 0 Å². The lowest BCUT2D eigenvalue weighted by Crippen LogP contribution is -2.61. The summed E-state index contributed by atoms with van der Waals surface area (Å²) in [7, 11) is 0. The van der Waals surface area contributed by atoms with Crippen LogP contribution in [0, 0.1) is 23.0 Å². The number of aromatic nitrogens is 4. The number of imide groups is 1. The molecule has 4 fully saturated rings. The summed E-state index contributed by atoms with van der Waals surface area (Å²) in [6, 6.07) is 14.2. The quantitative estimate of drug-likeness (QED) is 0.147. The van der Waals surface area contributed by atoms with Gasteiger partial charge in [-0.05, 0) is 101 Å². The van der Waals surface area contributed by atoms with Crippen LogP contribution >= 0.6 is 0 Å². The fourth-order valence-corrected chi connectivity index (χ4v) is 10.4. The van der Waals surface area contributed by atoms with E-state index in [1.54, 1.807) is 32.0 Å². The highest BCUT2D eigenvalue weighted by molar-refractivity contribution is 6.05. The number of nitriles is 1. The van der Waals surface area contributed by atoms with Crippen LogP contribution < -0.4 is 15.5 Å². The van der Waals surface area contributed by atoms with Gasteiger partial charge in [-0.2, -0.15) is 15.5 Å². The molecule has 3 amide bonds. The van der Waals surface area contributed by atoms with Crippen LogP contribution in [0.5, 0.6) is 0 Å². The van der Waals surface area contributed by atoms with E-state index in [0.717, 1.165) is 69.1 Å². The number of nitrogens with one attached hydrogen (secondary N) is 2. The van der Waals surface area contributed by atoms with Gasteiger partial charge in [0.1, 0.15) is 23.4 Å². The Labute approximate surface area is 363 Å². The summed E-state index contributed by atoms with van der Waals surface area (Å²) in [5.74, 6) is -4.07. The zero-order valence-electron chi connectivity index (χ0n) is 35.4. The molecule has 0 bridgehead atoms. The molecule has 3 saturated heterocycles. The fourth-order valence-electron chi connectivity index (χ4n) is 10.4. The second-order valence-electron chi connectivity index (χ2n) is 18.1. The van der Waals surface area contributed by atoms with Crippen molar-refractivity contribution in [2.24, 2.45) is 0 Å². The molecule has 2 atom stereocenters. The maximum absolute atomic E-state index is 15.3. The number of benzene rings is 2. The fraction of sp³-hybridized carbons (Fsp3) is 0.478. The first-order chi connectivity index (χ1) is 30.3. The van der Waals surface area contributed by atoms with Crippen LogP contribution in [0.3, 0.4) is 0 Å². The van der Waals surface area contributed by atoms with Crippen LogP contribution in [0.4, 0.5) is 20.2 Å². The minimum atomic E-state index is -1.28. The van der Waals surface area contributed by atoms with E-state index in [1.807, 2.05) is 27.9 Å². The average molecular weight is 863 g/mol. The lowest BCUT2D eigenvalue weighted by Gasteiger charge is -2.49. The van der Waals surface area contributed by atoms with Crippen molar-refractivity contribution in [1.82, 2.24) is 34.5 Å².